The first kappa shape index (κ1) is 19.9. The lowest BCUT2D eigenvalue weighted by molar-refractivity contribution is -0.137. The van der Waals surface area contributed by atoms with Gasteiger partial charge in [-0.1, -0.05) is 43.4 Å². The van der Waals surface area contributed by atoms with Gasteiger partial charge in [0.25, 0.3) is 0 Å². The van der Waals surface area contributed by atoms with Gasteiger partial charge in [-0.15, -0.1) is 0 Å². The monoisotopic (exact) mass is 348 g/mol. The average Bonchev–Trinajstić information content (AvgIpc) is 3.17. The second-order valence-electron chi connectivity index (χ2n) is 7.17. The van der Waals surface area contributed by atoms with Crippen molar-refractivity contribution in [3.05, 3.63) is 36.5 Å². The highest BCUT2D eigenvalue weighted by Gasteiger charge is 2.46. The molecule has 2 aliphatic rings. The number of carboxylic acids is 1. The Morgan fingerprint density at radius 1 is 1.28 bits per heavy atom. The van der Waals surface area contributed by atoms with Crippen molar-refractivity contribution in [2.75, 3.05) is 6.61 Å². The average molecular weight is 348 g/mol. The second kappa shape index (κ2) is 10.6. The Bertz CT molecular complexity index is 494. The number of unbranched alkanes of at least 4 members (excludes halogenated alkanes) is 1. The highest BCUT2D eigenvalue weighted by atomic mass is 16.5. The quantitative estimate of drug-likeness (QED) is 0.435. The third kappa shape index (κ3) is 6.44. The summed E-state index contributed by atoms with van der Waals surface area (Å²) in [6, 6.07) is 0. The molecule has 2 rings (SSSR count). The van der Waals surface area contributed by atoms with Crippen molar-refractivity contribution in [2.45, 2.75) is 64.1 Å². The normalized spacial score (nSPS) is 30.2. The molecule has 25 heavy (non-hydrogen) atoms. The van der Waals surface area contributed by atoms with E-state index in [1.54, 1.807) is 0 Å². The highest BCUT2D eigenvalue weighted by Crippen LogP contribution is 2.47. The van der Waals surface area contributed by atoms with Crippen LogP contribution in [0.3, 0.4) is 0 Å². The van der Waals surface area contributed by atoms with Crippen molar-refractivity contribution < 1.29 is 19.7 Å². The molecule has 1 aliphatic carbocycles. The minimum absolute atomic E-state index is 0.238. The van der Waals surface area contributed by atoms with Gasteiger partial charge in [0.15, 0.2) is 0 Å². The summed E-state index contributed by atoms with van der Waals surface area (Å²) < 4.78 is 5.86. The van der Waals surface area contributed by atoms with E-state index in [4.69, 9.17) is 9.84 Å². The largest absolute Gasteiger partial charge is 0.481 e. The molecule has 0 unspecified atom stereocenters. The number of aliphatic hydroxyl groups is 1. The van der Waals surface area contributed by atoms with E-state index in [0.717, 1.165) is 32.3 Å². The minimum atomic E-state index is -0.726. The van der Waals surface area contributed by atoms with Crippen molar-refractivity contribution in [3.8, 4) is 0 Å². The van der Waals surface area contributed by atoms with Crippen molar-refractivity contribution >= 4 is 5.97 Å². The van der Waals surface area contributed by atoms with Crippen LogP contribution in [0.4, 0.5) is 0 Å². The van der Waals surface area contributed by atoms with E-state index in [0.29, 0.717) is 36.7 Å². The summed E-state index contributed by atoms with van der Waals surface area (Å²) in [5, 5.41) is 18.7. The number of aliphatic carboxylic acids is 1. The second-order valence-corrected chi connectivity index (χ2v) is 7.17. The highest BCUT2D eigenvalue weighted by molar-refractivity contribution is 5.66. The van der Waals surface area contributed by atoms with Gasteiger partial charge in [-0.05, 0) is 50.4 Å². The lowest BCUT2D eigenvalue weighted by atomic mass is 9.84. The lowest BCUT2D eigenvalue weighted by Crippen LogP contribution is -2.27. The smallest absolute Gasteiger partial charge is 0.303 e. The predicted octanol–water partition coefficient (Wildman–Crippen LogP) is 4.11. The molecule has 4 heteroatoms. The minimum Gasteiger partial charge on any atom is -0.481 e. The molecule has 4 nitrogen and oxygen atoms in total. The van der Waals surface area contributed by atoms with Gasteiger partial charge in [-0.2, -0.15) is 0 Å². The fourth-order valence-electron chi connectivity index (χ4n) is 3.93. The first-order valence-electron chi connectivity index (χ1n) is 9.61. The summed E-state index contributed by atoms with van der Waals surface area (Å²) >= 11 is 0. The molecule has 2 fully saturated rings. The molecule has 0 aromatic carbocycles. The molecule has 1 heterocycles. The zero-order chi connectivity index (χ0) is 18.1. The summed E-state index contributed by atoms with van der Waals surface area (Å²) in [7, 11) is 0. The molecule has 0 radical (unpaired) electrons. The van der Waals surface area contributed by atoms with Crippen molar-refractivity contribution in [1.29, 1.82) is 0 Å². The predicted molar refractivity (Wildman–Crippen MR) is 99.3 cm³/mol. The summed E-state index contributed by atoms with van der Waals surface area (Å²) in [5.41, 5.74) is 0. The Balaban J connectivity index is 1.81. The number of carboxylic acid groups (broad SMARTS) is 1. The molecule has 5 atom stereocenters. The van der Waals surface area contributed by atoms with Crippen LogP contribution < -0.4 is 0 Å². The summed E-state index contributed by atoms with van der Waals surface area (Å²) in [5.74, 6) is 0.841. The van der Waals surface area contributed by atoms with Crippen molar-refractivity contribution in [2.24, 2.45) is 17.8 Å². The van der Waals surface area contributed by atoms with Crippen LogP contribution in [0.5, 0.6) is 0 Å². The molecule has 1 saturated carbocycles. The van der Waals surface area contributed by atoms with Crippen LogP contribution in [0.1, 0.15) is 51.9 Å². The van der Waals surface area contributed by atoms with Gasteiger partial charge in [0.2, 0.25) is 0 Å². The van der Waals surface area contributed by atoms with Gasteiger partial charge < -0.3 is 14.9 Å². The SMILES string of the molecule is CC/C=C\C[C@@H](O)/C=C/[C@@H]1[C@@H](C/C=C\CCCC(=O)O)[C@H]2CO[C@H]1C2. The molecule has 2 N–H and O–H groups in total. The third-order valence-electron chi connectivity index (χ3n) is 5.26. The first-order chi connectivity index (χ1) is 12.1. The van der Waals surface area contributed by atoms with Crippen LogP contribution in [-0.2, 0) is 9.53 Å². The van der Waals surface area contributed by atoms with Crippen LogP contribution in [0.2, 0.25) is 0 Å². The number of ether oxygens (including phenoxy) is 1. The molecule has 0 aromatic heterocycles. The van der Waals surface area contributed by atoms with E-state index < -0.39 is 12.1 Å². The van der Waals surface area contributed by atoms with Gasteiger partial charge >= 0.3 is 5.97 Å². The van der Waals surface area contributed by atoms with Crippen molar-refractivity contribution in [1.82, 2.24) is 0 Å². The third-order valence-corrected chi connectivity index (χ3v) is 5.26. The Labute approximate surface area is 151 Å². The molecule has 0 spiro atoms. The summed E-state index contributed by atoms with van der Waals surface area (Å²) in [6.45, 7) is 2.94. The van der Waals surface area contributed by atoms with E-state index in [2.05, 4.69) is 31.2 Å². The van der Waals surface area contributed by atoms with Gasteiger partial charge in [0.1, 0.15) is 0 Å². The number of hydrogen-bond acceptors (Lipinski definition) is 3. The number of carbonyl (C=O) groups is 1. The van der Waals surface area contributed by atoms with Crippen LogP contribution in [0.15, 0.2) is 36.5 Å². The lowest BCUT2D eigenvalue weighted by Gasteiger charge is -2.28. The van der Waals surface area contributed by atoms with E-state index in [-0.39, 0.29) is 6.42 Å². The maximum Gasteiger partial charge on any atom is 0.303 e. The molecular weight excluding hydrogens is 316 g/mol. The fraction of sp³-hybridized carbons (Fsp3) is 0.667. The van der Waals surface area contributed by atoms with Crippen LogP contribution in [0, 0.1) is 17.8 Å². The molecular formula is C21H32O4. The number of aliphatic hydroxyl groups excluding tert-OH is 1. The van der Waals surface area contributed by atoms with E-state index in [1.807, 2.05) is 12.2 Å². The maximum absolute atomic E-state index is 10.5. The Hall–Kier alpha value is -1.39. The van der Waals surface area contributed by atoms with Gasteiger partial charge in [0.05, 0.1) is 18.8 Å². The maximum atomic E-state index is 10.5. The van der Waals surface area contributed by atoms with E-state index >= 15 is 0 Å². The Morgan fingerprint density at radius 3 is 2.88 bits per heavy atom. The van der Waals surface area contributed by atoms with Gasteiger partial charge in [0, 0.05) is 12.3 Å². The molecule has 0 amide bonds. The number of allylic oxidation sites excluding steroid dienone is 3. The fourth-order valence-corrected chi connectivity index (χ4v) is 3.93. The molecule has 0 aromatic rings. The molecule has 1 saturated heterocycles. The molecule has 140 valence electrons. The number of fused-ring (bicyclic) bond motifs is 2. The van der Waals surface area contributed by atoms with Gasteiger partial charge in [-0.3, -0.25) is 4.79 Å². The summed E-state index contributed by atoms with van der Waals surface area (Å²) in [4.78, 5) is 10.5. The number of rotatable bonds is 11. The Morgan fingerprint density at radius 2 is 2.12 bits per heavy atom. The molecule has 1 aliphatic heterocycles. The Kier molecular flexibility index (Phi) is 8.42. The molecule has 2 bridgehead atoms. The zero-order valence-corrected chi connectivity index (χ0v) is 15.2. The van der Waals surface area contributed by atoms with Crippen LogP contribution in [-0.4, -0.2) is 35.0 Å². The van der Waals surface area contributed by atoms with Crippen molar-refractivity contribution in [3.63, 3.8) is 0 Å². The van der Waals surface area contributed by atoms with E-state index in [9.17, 15) is 9.90 Å². The van der Waals surface area contributed by atoms with E-state index in [1.165, 1.54) is 0 Å². The standard InChI is InChI=1S/C21H32O4/c1-2-3-6-9-17(22)12-13-19-18(16-14-20(19)25-15-16)10-7-4-5-8-11-21(23)24/h3-4,6-7,12-13,16-20,22H,2,5,8-11,14-15H2,1H3,(H,23,24)/b6-3-,7-4-,13-12+/t16-,17-,18+,19-,20+/m1/s1. The topological polar surface area (TPSA) is 66.8 Å². The first-order valence-corrected chi connectivity index (χ1v) is 9.61. The van der Waals surface area contributed by atoms with Crippen LogP contribution >= 0.6 is 0 Å². The van der Waals surface area contributed by atoms with Gasteiger partial charge in [-0.25, -0.2) is 0 Å². The zero-order valence-electron chi connectivity index (χ0n) is 15.2. The summed E-state index contributed by atoms with van der Waals surface area (Å²) in [6.07, 6.45) is 18.0. The number of hydrogen-bond donors (Lipinski definition) is 2. The van der Waals surface area contributed by atoms with Crippen LogP contribution in [0.25, 0.3) is 0 Å².